The van der Waals surface area contributed by atoms with Gasteiger partial charge in [-0.2, -0.15) is 10.1 Å². The number of oxazole rings is 1. The van der Waals surface area contributed by atoms with Crippen LogP contribution in [0.2, 0.25) is 5.02 Å². The molecule has 5 heterocycles. The van der Waals surface area contributed by atoms with Crippen LogP contribution in [-0.4, -0.2) is 58.4 Å². The van der Waals surface area contributed by atoms with Gasteiger partial charge in [-0.05, 0) is 30.3 Å². The molecule has 0 aliphatic carbocycles. The fourth-order valence-electron chi connectivity index (χ4n) is 5.71. The molecule has 3 aliphatic heterocycles. The van der Waals surface area contributed by atoms with E-state index in [4.69, 9.17) is 20.8 Å². The fourth-order valence-corrected chi connectivity index (χ4v) is 5.88. The molecule has 184 valence electrons. The van der Waals surface area contributed by atoms with E-state index < -0.39 is 5.82 Å². The van der Waals surface area contributed by atoms with Crippen molar-refractivity contribution in [3.63, 3.8) is 0 Å². The number of nitrogens with zero attached hydrogens (tertiary/aromatic N) is 5. The van der Waals surface area contributed by atoms with Crippen LogP contribution >= 0.6 is 11.6 Å². The van der Waals surface area contributed by atoms with Gasteiger partial charge < -0.3 is 19.0 Å². The Morgan fingerprint density at radius 3 is 2.69 bits per heavy atom. The highest BCUT2D eigenvalue weighted by molar-refractivity contribution is 6.31. The lowest BCUT2D eigenvalue weighted by atomic mass is 10.0. The topological polar surface area (TPSA) is 76.6 Å². The molecular weight excluding hydrogens is 485 g/mol. The predicted octanol–water partition coefficient (Wildman–Crippen LogP) is 4.22. The number of benzene rings is 2. The highest BCUT2D eigenvalue weighted by atomic mass is 35.5. The van der Waals surface area contributed by atoms with Gasteiger partial charge in [0.15, 0.2) is 5.58 Å². The zero-order valence-electron chi connectivity index (χ0n) is 19.4. The minimum absolute atomic E-state index is 0.113. The zero-order valence-corrected chi connectivity index (χ0v) is 20.1. The molecular formula is C26H23ClFN5O3. The summed E-state index contributed by atoms with van der Waals surface area (Å²) in [5.41, 5.74) is 3.34. The highest BCUT2D eigenvalue weighted by Gasteiger charge is 2.44. The Bertz CT molecular complexity index is 1490. The minimum atomic E-state index is -0.392. The molecule has 2 fully saturated rings. The molecule has 4 aromatic rings. The number of halogens is 2. The van der Waals surface area contributed by atoms with Crippen molar-refractivity contribution in [3.05, 3.63) is 64.6 Å². The molecule has 0 N–H and O–H groups in total. The van der Waals surface area contributed by atoms with Crippen LogP contribution in [0.3, 0.4) is 0 Å². The van der Waals surface area contributed by atoms with Crippen molar-refractivity contribution in [2.75, 3.05) is 37.7 Å². The summed E-state index contributed by atoms with van der Waals surface area (Å²) in [6.45, 7) is 4.10. The Morgan fingerprint density at radius 1 is 1.08 bits per heavy atom. The number of ether oxygens (including phenoxy) is 1. The number of fused-ring (bicyclic) bond motifs is 3. The number of likely N-dealkylation sites (tertiary alicyclic amines) is 1. The van der Waals surface area contributed by atoms with Crippen molar-refractivity contribution >= 4 is 34.6 Å². The van der Waals surface area contributed by atoms with Crippen molar-refractivity contribution in [2.24, 2.45) is 11.8 Å². The van der Waals surface area contributed by atoms with E-state index in [0.717, 1.165) is 18.6 Å². The lowest BCUT2D eigenvalue weighted by Gasteiger charge is -2.22. The molecule has 2 saturated heterocycles. The van der Waals surface area contributed by atoms with Gasteiger partial charge in [0.25, 0.3) is 11.9 Å². The first kappa shape index (κ1) is 21.8. The van der Waals surface area contributed by atoms with Crippen LogP contribution < -0.4 is 4.90 Å². The maximum atomic E-state index is 14.7. The summed E-state index contributed by atoms with van der Waals surface area (Å²) >= 11 is 6.09. The van der Waals surface area contributed by atoms with Crippen LogP contribution in [0.25, 0.3) is 22.4 Å². The molecule has 8 nitrogen and oxygen atoms in total. The van der Waals surface area contributed by atoms with E-state index in [9.17, 15) is 9.18 Å². The normalized spacial score (nSPS) is 21.3. The molecule has 2 aromatic carbocycles. The van der Waals surface area contributed by atoms with E-state index in [2.05, 4.69) is 15.0 Å². The van der Waals surface area contributed by atoms with Crippen LogP contribution in [0.5, 0.6) is 0 Å². The van der Waals surface area contributed by atoms with Gasteiger partial charge in [0.05, 0.1) is 31.0 Å². The molecule has 2 atom stereocenters. The number of rotatable bonds is 3. The molecule has 10 heteroatoms. The largest absolute Gasteiger partial charge is 0.423 e. The average Bonchev–Trinajstić information content (AvgIpc) is 3.63. The summed E-state index contributed by atoms with van der Waals surface area (Å²) in [6.07, 6.45) is 0. The molecule has 0 spiro atoms. The predicted molar refractivity (Wildman–Crippen MR) is 131 cm³/mol. The molecule has 7 rings (SSSR count). The molecule has 0 radical (unpaired) electrons. The quantitative estimate of drug-likeness (QED) is 0.413. The van der Waals surface area contributed by atoms with E-state index >= 15 is 0 Å². The summed E-state index contributed by atoms with van der Waals surface area (Å²) in [4.78, 5) is 22.5. The monoisotopic (exact) mass is 507 g/mol. The Balaban J connectivity index is 1.14. The van der Waals surface area contributed by atoms with Crippen molar-refractivity contribution in [2.45, 2.75) is 13.2 Å². The van der Waals surface area contributed by atoms with Gasteiger partial charge in [-0.3, -0.25) is 9.48 Å². The Morgan fingerprint density at radius 2 is 1.89 bits per heavy atom. The van der Waals surface area contributed by atoms with Gasteiger partial charge in [-0.1, -0.05) is 23.7 Å². The maximum Gasteiger partial charge on any atom is 0.298 e. The van der Waals surface area contributed by atoms with Gasteiger partial charge in [0.2, 0.25) is 0 Å². The SMILES string of the molecule is O=C(c1c(-c2ccccc2F)nn2c1COCC2)N1CC2CN(c3nc4cc(Cl)ccc4o3)CC2C1. The van der Waals surface area contributed by atoms with Crippen molar-refractivity contribution in [1.29, 1.82) is 0 Å². The summed E-state index contributed by atoms with van der Waals surface area (Å²) in [5, 5.41) is 5.26. The van der Waals surface area contributed by atoms with E-state index in [1.807, 2.05) is 11.0 Å². The van der Waals surface area contributed by atoms with Gasteiger partial charge in [-0.25, -0.2) is 4.39 Å². The average molecular weight is 508 g/mol. The third-order valence-corrected chi connectivity index (χ3v) is 7.70. The van der Waals surface area contributed by atoms with Crippen molar-refractivity contribution in [3.8, 4) is 11.3 Å². The molecule has 36 heavy (non-hydrogen) atoms. The van der Waals surface area contributed by atoms with E-state index in [-0.39, 0.29) is 5.91 Å². The lowest BCUT2D eigenvalue weighted by molar-refractivity contribution is 0.0716. The number of hydrogen-bond acceptors (Lipinski definition) is 6. The summed E-state index contributed by atoms with van der Waals surface area (Å²) in [7, 11) is 0. The van der Waals surface area contributed by atoms with Crippen LogP contribution in [0.4, 0.5) is 10.4 Å². The highest BCUT2D eigenvalue weighted by Crippen LogP contribution is 2.37. The maximum absolute atomic E-state index is 14.7. The fraction of sp³-hybridized carbons (Fsp3) is 0.346. The number of aromatic nitrogens is 3. The van der Waals surface area contributed by atoms with Crippen molar-refractivity contribution < 1.29 is 18.3 Å². The van der Waals surface area contributed by atoms with Crippen LogP contribution in [-0.2, 0) is 17.9 Å². The molecule has 3 aliphatic rings. The van der Waals surface area contributed by atoms with Gasteiger partial charge in [0.1, 0.15) is 17.0 Å². The van der Waals surface area contributed by atoms with Gasteiger partial charge in [-0.15, -0.1) is 0 Å². The summed E-state index contributed by atoms with van der Waals surface area (Å²) in [5.74, 6) is 0.0909. The number of carbonyl (C=O) groups excluding carboxylic acids is 1. The van der Waals surface area contributed by atoms with Gasteiger partial charge >= 0.3 is 0 Å². The van der Waals surface area contributed by atoms with E-state index in [1.54, 1.807) is 35.0 Å². The number of amides is 1. The Kier molecular flexibility index (Phi) is 5.04. The number of anilines is 1. The molecule has 0 bridgehead atoms. The van der Waals surface area contributed by atoms with Crippen LogP contribution in [0.1, 0.15) is 16.1 Å². The van der Waals surface area contributed by atoms with Crippen LogP contribution in [0.15, 0.2) is 46.9 Å². The first-order valence-corrected chi connectivity index (χ1v) is 12.5. The van der Waals surface area contributed by atoms with Crippen LogP contribution in [0, 0.1) is 17.7 Å². The number of hydrogen-bond donors (Lipinski definition) is 0. The Hall–Kier alpha value is -3.43. The Labute approximate surface area is 211 Å². The van der Waals surface area contributed by atoms with Crippen molar-refractivity contribution in [1.82, 2.24) is 19.7 Å². The summed E-state index contributed by atoms with van der Waals surface area (Å²) < 4.78 is 28.1. The minimum Gasteiger partial charge on any atom is -0.423 e. The second kappa shape index (κ2) is 8.31. The lowest BCUT2D eigenvalue weighted by Crippen LogP contribution is -2.34. The van der Waals surface area contributed by atoms with E-state index in [0.29, 0.717) is 83.8 Å². The van der Waals surface area contributed by atoms with E-state index in [1.165, 1.54) is 6.07 Å². The standard InChI is InChI=1S/C26H23ClFN5O3/c27-17-5-6-22-20(9-17)29-26(36-22)32-12-15-10-31(11-16(15)13-32)25(34)23-21-14-35-8-7-33(21)30-24(23)18-3-1-2-4-19(18)28/h1-6,9,15-16H,7-8,10-14H2. The first-order valence-electron chi connectivity index (χ1n) is 12.1. The first-order chi connectivity index (χ1) is 17.5. The van der Waals surface area contributed by atoms with Gasteiger partial charge in [0, 0.05) is 48.6 Å². The smallest absolute Gasteiger partial charge is 0.298 e. The third-order valence-electron chi connectivity index (χ3n) is 7.47. The second-order valence-electron chi connectivity index (χ2n) is 9.67. The third kappa shape index (κ3) is 3.49. The summed E-state index contributed by atoms with van der Waals surface area (Å²) in [6, 6.07) is 12.5. The molecule has 2 aromatic heterocycles. The number of carbonyl (C=O) groups is 1. The zero-order chi connectivity index (χ0) is 24.4. The molecule has 0 saturated carbocycles. The second-order valence-corrected chi connectivity index (χ2v) is 10.1. The molecule has 2 unspecified atom stereocenters. The molecule has 1 amide bonds.